The first-order valence-electron chi connectivity index (χ1n) is 26.2. The fourth-order valence-electron chi connectivity index (χ4n) is 9.25. The maximum atomic E-state index is 14.3. The topological polar surface area (TPSA) is 404 Å². The summed E-state index contributed by atoms with van der Waals surface area (Å²) >= 11 is 0. The minimum Gasteiger partial charge on any atom is -0.462 e. The maximum absolute atomic E-state index is 14.3. The van der Waals surface area contributed by atoms with E-state index in [-0.39, 0.29) is 31.6 Å². The third-order valence-electron chi connectivity index (χ3n) is 14.2. The van der Waals surface area contributed by atoms with Crippen molar-refractivity contribution in [3.8, 4) is 0 Å². The van der Waals surface area contributed by atoms with Crippen LogP contribution in [0, 0.1) is 17.8 Å². The number of rotatable bonds is 9. The molecule has 0 aliphatic carbocycles. The van der Waals surface area contributed by atoms with Crippen LogP contribution in [0.1, 0.15) is 79.1 Å². The molecule has 3 aliphatic rings. The second kappa shape index (κ2) is 33.2. The molecule has 4 unspecified atom stereocenters. The number of likely N-dealkylation sites (N-methyl/N-ethyl adjacent to an activating group) is 1. The van der Waals surface area contributed by atoms with Crippen molar-refractivity contribution in [2.24, 2.45) is 23.5 Å². The van der Waals surface area contributed by atoms with Crippen molar-refractivity contribution < 1.29 is 105 Å². The fraction of sp³-hybridized carbons (Fsp3) is 0.704. The van der Waals surface area contributed by atoms with Crippen molar-refractivity contribution in [2.45, 2.75) is 201 Å². The molecule has 1 amide bonds. The van der Waals surface area contributed by atoms with E-state index in [0.29, 0.717) is 0 Å². The van der Waals surface area contributed by atoms with E-state index < -0.39 is 184 Å². The van der Waals surface area contributed by atoms with Gasteiger partial charge in [-0.25, -0.2) is 0 Å². The van der Waals surface area contributed by atoms with E-state index in [4.69, 9.17) is 24.7 Å². The van der Waals surface area contributed by atoms with Crippen LogP contribution in [0.15, 0.2) is 85.1 Å². The number of fused-ring (bicyclic) bond motifs is 2. The van der Waals surface area contributed by atoms with E-state index in [1.54, 1.807) is 92.8 Å². The highest BCUT2D eigenvalue weighted by Crippen LogP contribution is 2.39. The third kappa shape index (κ3) is 22.1. The Bertz CT molecular complexity index is 1970. The summed E-state index contributed by atoms with van der Waals surface area (Å²) < 4.78 is 23.6. The standard InChI is InChI=1S/C54H88N2O21/c1-30-18-16-14-12-10-8-6-7-9-11-13-15-17-19-37(76-53-51(71)46(55)48(68)33(4)75-53)25-43-45(52(72)56(5)28-41(64)49(69)50(70)42(65)29-57)40(63)27-54(73,77-43)26-39(62)38(61)21-20-34(58)22-35(59)23-36(60)24-44(66)74-32(3)31(2)47(30)67/h6-19,30-43,45-51,53,57-65,67-71,73H,20-29,55H2,1-5H3/b7-6+,10-8+,11-9+,14-12+,15-13+,18-16+,19-17+/t30-,31-,32-,33-,34+,35+,36+,37-,38+,39+,40-,41?,42?,43-,45+,46+,47+,48-,49?,50?,51+,53+,54+/m0/s1. The van der Waals surface area contributed by atoms with Gasteiger partial charge in [-0.05, 0) is 39.5 Å². The average molecular weight is 1100 g/mol. The molecule has 0 radical (unpaired) electrons. The monoisotopic (exact) mass is 1100 g/mol. The molecule has 0 aromatic heterocycles. The van der Waals surface area contributed by atoms with Gasteiger partial charge < -0.3 is 106 Å². The van der Waals surface area contributed by atoms with Crippen molar-refractivity contribution in [1.82, 2.24) is 4.90 Å². The molecule has 440 valence electrons. The molecular weight excluding hydrogens is 1010 g/mol. The number of hydrogen-bond donors (Lipinski definition) is 16. The Kier molecular flexibility index (Phi) is 29.2. The van der Waals surface area contributed by atoms with Crippen LogP contribution in [-0.4, -0.2) is 235 Å². The second-order valence-corrected chi connectivity index (χ2v) is 20.7. The number of carbonyl (C=O) groups excluding carboxylic acids is 2. The number of cyclic esters (lactones) is 1. The number of amides is 1. The molecule has 2 saturated heterocycles. The molecule has 23 nitrogen and oxygen atoms in total. The van der Waals surface area contributed by atoms with Crippen molar-refractivity contribution in [3.05, 3.63) is 85.1 Å². The zero-order valence-corrected chi connectivity index (χ0v) is 44.5. The molecule has 0 saturated carbocycles. The van der Waals surface area contributed by atoms with Crippen LogP contribution in [-0.2, 0) is 28.5 Å². The van der Waals surface area contributed by atoms with E-state index in [1.165, 1.54) is 20.0 Å². The van der Waals surface area contributed by atoms with E-state index in [9.17, 15) is 86.2 Å². The lowest BCUT2D eigenvalue weighted by atomic mass is 9.81. The van der Waals surface area contributed by atoms with Crippen LogP contribution in [0.3, 0.4) is 0 Å². The van der Waals surface area contributed by atoms with Gasteiger partial charge in [-0.15, -0.1) is 0 Å². The minimum absolute atomic E-state index is 0.198. The van der Waals surface area contributed by atoms with Gasteiger partial charge in [0.25, 0.3) is 0 Å². The van der Waals surface area contributed by atoms with Crippen molar-refractivity contribution in [3.63, 3.8) is 0 Å². The molecule has 77 heavy (non-hydrogen) atoms. The quantitative estimate of drug-likeness (QED) is 0.106. The van der Waals surface area contributed by atoms with E-state index in [1.807, 2.05) is 6.92 Å². The fourth-order valence-corrected chi connectivity index (χ4v) is 9.25. The zero-order chi connectivity index (χ0) is 57.7. The highest BCUT2D eigenvalue weighted by Gasteiger charge is 2.52. The van der Waals surface area contributed by atoms with Crippen molar-refractivity contribution in [1.29, 1.82) is 0 Å². The molecule has 0 aromatic rings. The zero-order valence-electron chi connectivity index (χ0n) is 44.5. The van der Waals surface area contributed by atoms with E-state index >= 15 is 0 Å². The SMILES string of the molecule is C[C@@H]1[C@H](O)[C@@H](C)/C=C/C=C/C=C/C=C/C=C/C=C/C=C/[C@H](O[C@H]2O[C@@H](C)[C@H](O)[C@@H](N)[C@H]2O)C[C@@H]2O[C@](O)(C[C@@H](O)[C@H](O)CC[C@@H](O)C[C@@H](O)C[C@@H](O)CC(=O)O[C@H]1C)C[C@H](O)[C@H]2C(=O)N(C)CC(O)C(O)C(O)C(O)CO. The molecule has 2 fully saturated rings. The molecule has 3 aliphatic heterocycles. The Morgan fingerprint density at radius 1 is 0.688 bits per heavy atom. The summed E-state index contributed by atoms with van der Waals surface area (Å²) in [6.45, 7) is 5.01. The summed E-state index contributed by atoms with van der Waals surface area (Å²) in [5.74, 6) is -6.57. The number of ether oxygens (including phenoxy) is 4. The molecule has 2 bridgehead atoms. The summed E-state index contributed by atoms with van der Waals surface area (Å²) in [5, 5.41) is 161. The molecule has 3 rings (SSSR count). The van der Waals surface area contributed by atoms with Crippen LogP contribution >= 0.6 is 0 Å². The predicted molar refractivity (Wildman–Crippen MR) is 278 cm³/mol. The lowest BCUT2D eigenvalue weighted by molar-refractivity contribution is -0.309. The molecule has 23 heteroatoms. The Balaban J connectivity index is 2.00. The minimum atomic E-state index is -2.48. The summed E-state index contributed by atoms with van der Waals surface area (Å²) in [6.07, 6.45) is -6.16. The van der Waals surface area contributed by atoms with Crippen LogP contribution in [0.5, 0.6) is 0 Å². The van der Waals surface area contributed by atoms with Crippen LogP contribution in [0.25, 0.3) is 0 Å². The van der Waals surface area contributed by atoms with Gasteiger partial charge in [0, 0.05) is 44.7 Å². The molecule has 17 N–H and O–H groups in total. The molecule has 3 heterocycles. The summed E-state index contributed by atoms with van der Waals surface area (Å²) in [7, 11) is 1.19. The van der Waals surface area contributed by atoms with Crippen LogP contribution < -0.4 is 5.73 Å². The number of aliphatic hydroxyl groups is 15. The van der Waals surface area contributed by atoms with Gasteiger partial charge in [0.05, 0.1) is 92.1 Å². The van der Waals surface area contributed by atoms with E-state index in [0.717, 1.165) is 4.90 Å². The van der Waals surface area contributed by atoms with Gasteiger partial charge in [-0.3, -0.25) is 9.59 Å². The first kappa shape index (κ1) is 67.6. The lowest BCUT2D eigenvalue weighted by Gasteiger charge is -2.47. The Morgan fingerprint density at radius 3 is 1.81 bits per heavy atom. The number of hydrogen-bond acceptors (Lipinski definition) is 22. The van der Waals surface area contributed by atoms with Gasteiger partial charge in [-0.2, -0.15) is 0 Å². The second-order valence-electron chi connectivity index (χ2n) is 20.7. The molecule has 0 spiro atoms. The number of aliphatic hydroxyl groups excluding tert-OH is 14. The first-order valence-corrected chi connectivity index (χ1v) is 26.2. The highest BCUT2D eigenvalue weighted by atomic mass is 16.7. The van der Waals surface area contributed by atoms with Gasteiger partial charge >= 0.3 is 5.97 Å². The number of nitrogens with zero attached hydrogens (tertiary/aromatic N) is 1. The van der Waals surface area contributed by atoms with Crippen molar-refractivity contribution in [2.75, 3.05) is 20.2 Å². The van der Waals surface area contributed by atoms with Crippen LogP contribution in [0.2, 0.25) is 0 Å². The van der Waals surface area contributed by atoms with Gasteiger partial charge in [0.2, 0.25) is 5.91 Å². The lowest BCUT2D eigenvalue weighted by Crippen LogP contribution is -2.62. The number of allylic oxidation sites excluding steroid dienone is 12. The first-order chi connectivity index (χ1) is 36.2. The Labute approximate surface area is 450 Å². The Hall–Kier alpha value is -3.64. The Morgan fingerprint density at radius 2 is 1.22 bits per heavy atom. The smallest absolute Gasteiger partial charge is 0.308 e. The summed E-state index contributed by atoms with van der Waals surface area (Å²) in [6, 6.07) is -1.22. The largest absolute Gasteiger partial charge is 0.462 e. The number of esters is 1. The number of carbonyl (C=O) groups is 2. The van der Waals surface area contributed by atoms with Gasteiger partial charge in [-0.1, -0.05) is 98.9 Å². The molecule has 23 atom stereocenters. The average Bonchev–Trinajstić information content (AvgIpc) is 3.36. The van der Waals surface area contributed by atoms with Gasteiger partial charge in [0.15, 0.2) is 12.1 Å². The van der Waals surface area contributed by atoms with Crippen LogP contribution in [0.4, 0.5) is 0 Å². The van der Waals surface area contributed by atoms with E-state index in [2.05, 4.69) is 0 Å². The maximum Gasteiger partial charge on any atom is 0.308 e. The number of nitrogens with two attached hydrogens (primary N) is 1. The molecule has 0 aromatic carbocycles. The normalized spacial score (nSPS) is 42.0. The molecular formula is C54H88N2O21. The highest BCUT2D eigenvalue weighted by molar-refractivity contribution is 5.80. The van der Waals surface area contributed by atoms with Gasteiger partial charge in [0.1, 0.15) is 36.6 Å². The predicted octanol–water partition coefficient (Wildman–Crippen LogP) is -2.48. The summed E-state index contributed by atoms with van der Waals surface area (Å²) in [4.78, 5) is 27.9. The summed E-state index contributed by atoms with van der Waals surface area (Å²) in [5.41, 5.74) is 6.10. The van der Waals surface area contributed by atoms with Crippen molar-refractivity contribution >= 4 is 11.9 Å². The third-order valence-corrected chi connectivity index (χ3v) is 14.2.